The Bertz CT molecular complexity index is 915. The van der Waals surface area contributed by atoms with Gasteiger partial charge in [-0.05, 0) is 49.9 Å². The largest absolute Gasteiger partial charge is 0.497 e. The second kappa shape index (κ2) is 5.83. The molecule has 1 spiro atoms. The second-order valence-corrected chi connectivity index (χ2v) is 8.22. The predicted molar refractivity (Wildman–Crippen MR) is 99.9 cm³/mol. The van der Waals surface area contributed by atoms with Crippen LogP contribution in [0.2, 0.25) is 0 Å². The normalized spacial score (nSPS) is 25.1. The van der Waals surface area contributed by atoms with Crippen molar-refractivity contribution in [2.45, 2.75) is 57.3 Å². The number of nitrogens with zero attached hydrogens (tertiary/aromatic N) is 2. The lowest BCUT2D eigenvalue weighted by molar-refractivity contribution is -0.00703. The Kier molecular flexibility index (Phi) is 3.63. The van der Waals surface area contributed by atoms with Gasteiger partial charge in [-0.15, -0.1) is 0 Å². The molecule has 1 amide bonds. The molecule has 6 heteroatoms. The number of methoxy groups -OCH3 is 1. The number of carbonyl (C=O) groups is 1. The molecule has 3 heterocycles. The maximum Gasteiger partial charge on any atom is 0.274 e. The van der Waals surface area contributed by atoms with Crippen molar-refractivity contribution in [2.24, 2.45) is 0 Å². The van der Waals surface area contributed by atoms with Gasteiger partial charge in [0.2, 0.25) is 0 Å². The zero-order valence-corrected chi connectivity index (χ0v) is 16.0. The first-order valence-corrected chi connectivity index (χ1v) is 9.70. The van der Waals surface area contributed by atoms with Crippen molar-refractivity contribution >= 4 is 5.91 Å². The van der Waals surface area contributed by atoms with Gasteiger partial charge in [0.05, 0.1) is 25.0 Å². The molecule has 2 aromatic rings. The van der Waals surface area contributed by atoms with E-state index in [4.69, 9.17) is 9.47 Å². The number of benzene rings is 1. The van der Waals surface area contributed by atoms with Crippen LogP contribution in [0.5, 0.6) is 5.75 Å². The van der Waals surface area contributed by atoms with Gasteiger partial charge in [0.15, 0.2) is 5.69 Å². The van der Waals surface area contributed by atoms with Crippen molar-refractivity contribution in [3.63, 3.8) is 0 Å². The molecule has 27 heavy (non-hydrogen) atoms. The molecule has 0 unspecified atom stereocenters. The minimum Gasteiger partial charge on any atom is -0.497 e. The number of aromatic nitrogens is 2. The Hall–Kier alpha value is -2.34. The summed E-state index contributed by atoms with van der Waals surface area (Å²) in [6, 6.07) is 6.24. The molecular formula is C21H25N3O3. The highest BCUT2D eigenvalue weighted by Crippen LogP contribution is 2.53. The monoisotopic (exact) mass is 367 g/mol. The number of hydrogen-bond donors (Lipinski definition) is 1. The molecule has 1 saturated carbocycles. The maximum absolute atomic E-state index is 13.4. The summed E-state index contributed by atoms with van der Waals surface area (Å²) in [6.45, 7) is 5.44. The fourth-order valence-electron chi connectivity index (χ4n) is 4.75. The van der Waals surface area contributed by atoms with Crippen molar-refractivity contribution in [2.75, 3.05) is 13.7 Å². The Labute approximate surface area is 158 Å². The van der Waals surface area contributed by atoms with Gasteiger partial charge < -0.3 is 14.4 Å². The van der Waals surface area contributed by atoms with Gasteiger partial charge in [-0.1, -0.05) is 6.07 Å². The van der Waals surface area contributed by atoms with Gasteiger partial charge in [-0.3, -0.25) is 9.89 Å². The smallest absolute Gasteiger partial charge is 0.274 e. The molecule has 142 valence electrons. The van der Waals surface area contributed by atoms with Gasteiger partial charge in [-0.2, -0.15) is 5.10 Å². The van der Waals surface area contributed by atoms with Gasteiger partial charge >= 0.3 is 0 Å². The molecule has 1 fully saturated rings. The number of aromatic amines is 1. The summed E-state index contributed by atoms with van der Waals surface area (Å²) in [6.07, 6.45) is 3.02. The maximum atomic E-state index is 13.4. The van der Waals surface area contributed by atoms with Crippen LogP contribution in [0.3, 0.4) is 0 Å². The SMILES string of the molecule is COc1ccc2c(c1)C1(CC1)CN(C(=O)c1n[nH]c3c1C[C@H](C)O[C@@H]3C)C2. The number of amides is 1. The van der Waals surface area contributed by atoms with Crippen molar-refractivity contribution in [1.82, 2.24) is 15.1 Å². The summed E-state index contributed by atoms with van der Waals surface area (Å²) in [5.74, 6) is 0.922. The number of carbonyl (C=O) groups excluding carboxylic acids is 1. The first-order chi connectivity index (χ1) is 13.0. The van der Waals surface area contributed by atoms with Crippen LogP contribution >= 0.6 is 0 Å². The summed E-state index contributed by atoms with van der Waals surface area (Å²) < 4.78 is 11.3. The molecule has 0 saturated heterocycles. The zero-order chi connectivity index (χ0) is 18.8. The van der Waals surface area contributed by atoms with E-state index in [2.05, 4.69) is 22.3 Å². The number of nitrogens with one attached hydrogen (secondary N) is 1. The van der Waals surface area contributed by atoms with E-state index in [0.29, 0.717) is 12.2 Å². The highest BCUT2D eigenvalue weighted by atomic mass is 16.5. The molecular weight excluding hydrogens is 342 g/mol. The number of fused-ring (bicyclic) bond motifs is 3. The van der Waals surface area contributed by atoms with E-state index in [1.807, 2.05) is 24.8 Å². The van der Waals surface area contributed by atoms with E-state index in [0.717, 1.165) is 42.8 Å². The van der Waals surface area contributed by atoms with E-state index >= 15 is 0 Å². The molecule has 3 aliphatic rings. The predicted octanol–water partition coefficient (Wildman–Crippen LogP) is 3.13. The molecule has 1 aromatic heterocycles. The third-order valence-electron chi connectivity index (χ3n) is 6.32. The second-order valence-electron chi connectivity index (χ2n) is 8.22. The van der Waals surface area contributed by atoms with E-state index in [1.165, 1.54) is 11.1 Å². The van der Waals surface area contributed by atoms with Crippen molar-refractivity contribution in [1.29, 1.82) is 0 Å². The van der Waals surface area contributed by atoms with Crippen LogP contribution in [0.4, 0.5) is 0 Å². The van der Waals surface area contributed by atoms with Gasteiger partial charge in [0.1, 0.15) is 5.75 Å². The Morgan fingerprint density at radius 1 is 1.37 bits per heavy atom. The highest BCUT2D eigenvalue weighted by Gasteiger charge is 2.50. The minimum absolute atomic E-state index is 0.0292. The Morgan fingerprint density at radius 3 is 2.93 bits per heavy atom. The Balaban J connectivity index is 1.47. The average Bonchev–Trinajstić information content (AvgIpc) is 3.29. The van der Waals surface area contributed by atoms with E-state index < -0.39 is 0 Å². The quantitative estimate of drug-likeness (QED) is 0.886. The lowest BCUT2D eigenvalue weighted by Gasteiger charge is -2.35. The van der Waals surface area contributed by atoms with Crippen LogP contribution in [-0.4, -0.2) is 40.8 Å². The number of H-pyrrole nitrogens is 1. The van der Waals surface area contributed by atoms with Crippen LogP contribution in [0.1, 0.15) is 65.7 Å². The van der Waals surface area contributed by atoms with Gasteiger partial charge in [-0.25, -0.2) is 0 Å². The summed E-state index contributed by atoms with van der Waals surface area (Å²) in [5.41, 5.74) is 5.21. The third kappa shape index (κ3) is 2.57. The van der Waals surface area contributed by atoms with Crippen LogP contribution < -0.4 is 4.74 Å². The summed E-state index contributed by atoms with van der Waals surface area (Å²) in [4.78, 5) is 15.3. The fraction of sp³-hybridized carbons (Fsp3) is 0.524. The summed E-state index contributed by atoms with van der Waals surface area (Å²) >= 11 is 0. The van der Waals surface area contributed by atoms with Gasteiger partial charge in [0, 0.05) is 30.5 Å². The number of rotatable bonds is 2. The molecule has 1 N–H and O–H groups in total. The molecule has 5 rings (SSSR count). The summed E-state index contributed by atoms with van der Waals surface area (Å²) in [5, 5.41) is 7.44. The van der Waals surface area contributed by atoms with Crippen LogP contribution in [0.25, 0.3) is 0 Å². The highest BCUT2D eigenvalue weighted by molar-refractivity contribution is 5.94. The fourth-order valence-corrected chi connectivity index (χ4v) is 4.75. The lowest BCUT2D eigenvalue weighted by atomic mass is 9.86. The molecule has 0 bridgehead atoms. The minimum atomic E-state index is -0.0536. The molecule has 0 radical (unpaired) electrons. The van der Waals surface area contributed by atoms with Crippen molar-refractivity contribution in [3.8, 4) is 5.75 Å². The molecule has 6 nitrogen and oxygen atoms in total. The third-order valence-corrected chi connectivity index (χ3v) is 6.32. The standard InChI is InChI=1S/C21H25N3O3/c1-12-8-16-18(13(2)27-12)22-23-19(16)20(25)24-10-14-4-5-15(26-3)9-17(14)21(11-24)6-7-21/h4-5,9,12-13H,6-8,10-11H2,1-3H3,(H,22,23)/t12-,13+/m0/s1. The van der Waals surface area contributed by atoms with Crippen LogP contribution in [0, 0.1) is 0 Å². The summed E-state index contributed by atoms with van der Waals surface area (Å²) in [7, 11) is 1.70. The molecule has 2 atom stereocenters. The molecule has 1 aromatic carbocycles. The number of hydrogen-bond acceptors (Lipinski definition) is 4. The first-order valence-electron chi connectivity index (χ1n) is 9.70. The van der Waals surface area contributed by atoms with Gasteiger partial charge in [0.25, 0.3) is 5.91 Å². The van der Waals surface area contributed by atoms with Crippen molar-refractivity contribution in [3.05, 3.63) is 46.3 Å². The van der Waals surface area contributed by atoms with E-state index in [9.17, 15) is 4.79 Å². The molecule has 1 aliphatic carbocycles. The lowest BCUT2D eigenvalue weighted by Crippen LogP contribution is -2.42. The van der Waals surface area contributed by atoms with Crippen LogP contribution in [-0.2, 0) is 23.1 Å². The van der Waals surface area contributed by atoms with E-state index in [1.54, 1.807) is 7.11 Å². The average molecular weight is 367 g/mol. The van der Waals surface area contributed by atoms with Crippen molar-refractivity contribution < 1.29 is 14.3 Å². The first kappa shape index (κ1) is 16.8. The Morgan fingerprint density at radius 2 is 2.19 bits per heavy atom. The molecule has 2 aliphatic heterocycles. The van der Waals surface area contributed by atoms with Crippen LogP contribution in [0.15, 0.2) is 18.2 Å². The zero-order valence-electron chi connectivity index (χ0n) is 16.0. The number of ether oxygens (including phenoxy) is 2. The topological polar surface area (TPSA) is 67.5 Å². The van der Waals surface area contributed by atoms with E-state index in [-0.39, 0.29) is 23.5 Å².